The number of fused-ring (bicyclic) bond motifs is 1. The van der Waals surface area contributed by atoms with E-state index in [-0.39, 0.29) is 22.5 Å². The molecule has 0 saturated heterocycles. The van der Waals surface area contributed by atoms with Crippen molar-refractivity contribution in [2.45, 2.75) is 6.92 Å². The molecule has 0 bridgehead atoms. The van der Waals surface area contributed by atoms with Gasteiger partial charge in [0, 0.05) is 37.3 Å². The molecule has 0 spiro atoms. The van der Waals surface area contributed by atoms with Crippen LogP contribution in [-0.2, 0) is 0 Å². The number of hydrogen-bond donors (Lipinski definition) is 2. The number of aromatic nitrogens is 3. The molecule has 0 aromatic carbocycles. The van der Waals surface area contributed by atoms with Crippen LogP contribution in [0.2, 0.25) is 0 Å². The zero-order valence-electron chi connectivity index (χ0n) is 19.7. The van der Waals surface area contributed by atoms with E-state index < -0.39 is 11.9 Å². The third-order valence-corrected chi connectivity index (χ3v) is 9.47. The molecule has 10 heteroatoms. The predicted octanol–water partition coefficient (Wildman–Crippen LogP) is 7.58. The van der Waals surface area contributed by atoms with Gasteiger partial charge in [-0.25, -0.2) is 14.6 Å². The van der Waals surface area contributed by atoms with Gasteiger partial charge in [-0.3, -0.25) is 9.97 Å². The minimum atomic E-state index is -1.13. The number of thiophene rings is 3. The van der Waals surface area contributed by atoms with Crippen molar-refractivity contribution < 1.29 is 19.8 Å². The van der Waals surface area contributed by atoms with E-state index in [1.807, 2.05) is 23.5 Å². The second-order valence-corrected chi connectivity index (χ2v) is 12.1. The Labute approximate surface area is 228 Å². The molecule has 2 N–H and O–H groups in total. The molecule has 0 radical (unpaired) electrons. The Morgan fingerprint density at radius 2 is 1.32 bits per heavy atom. The van der Waals surface area contributed by atoms with Gasteiger partial charge in [0.1, 0.15) is 0 Å². The third kappa shape index (κ3) is 4.60. The van der Waals surface area contributed by atoms with Gasteiger partial charge in [-0.1, -0.05) is 0 Å². The molecule has 6 aromatic heterocycles. The minimum Gasteiger partial charge on any atom is -0.478 e. The van der Waals surface area contributed by atoms with E-state index >= 15 is 0 Å². The van der Waals surface area contributed by atoms with Crippen LogP contribution in [0.3, 0.4) is 0 Å². The first kappa shape index (κ1) is 24.1. The number of carboxylic acids is 2. The van der Waals surface area contributed by atoms with Crippen molar-refractivity contribution in [2.24, 2.45) is 0 Å². The fourth-order valence-corrected chi connectivity index (χ4v) is 7.55. The Hall–Kier alpha value is -4.25. The summed E-state index contributed by atoms with van der Waals surface area (Å²) in [5.74, 6) is -2.24. The van der Waals surface area contributed by atoms with Crippen LogP contribution in [-0.4, -0.2) is 37.1 Å². The van der Waals surface area contributed by atoms with Gasteiger partial charge in [0.25, 0.3) is 0 Å². The smallest absolute Gasteiger partial charge is 0.335 e. The molecule has 7 nitrogen and oxygen atoms in total. The molecule has 0 saturated carbocycles. The summed E-state index contributed by atoms with van der Waals surface area (Å²) in [6.45, 7) is 2.12. The average Bonchev–Trinajstić information content (AvgIpc) is 3.64. The van der Waals surface area contributed by atoms with Crippen LogP contribution in [0.1, 0.15) is 25.6 Å². The van der Waals surface area contributed by atoms with E-state index in [2.05, 4.69) is 46.1 Å². The SMILES string of the molecule is Cc1cc2cc(-c3ccc(-c4ccnc(-c5cc(C(=O)O)cc(-c6cc(C(=O)O)ccn6)n5)c4)s3)sc2s1. The van der Waals surface area contributed by atoms with Crippen LogP contribution in [0.25, 0.3) is 52.4 Å². The summed E-state index contributed by atoms with van der Waals surface area (Å²) in [7, 11) is 0. The lowest BCUT2D eigenvalue weighted by Crippen LogP contribution is -2.02. The van der Waals surface area contributed by atoms with Gasteiger partial charge in [-0.2, -0.15) is 0 Å². The van der Waals surface area contributed by atoms with E-state index in [1.165, 1.54) is 54.5 Å². The second-order valence-electron chi connectivity index (χ2n) is 8.47. The predicted molar refractivity (Wildman–Crippen MR) is 151 cm³/mol. The topological polar surface area (TPSA) is 113 Å². The summed E-state index contributed by atoms with van der Waals surface area (Å²) in [5, 5.41) is 20.3. The number of pyridine rings is 3. The summed E-state index contributed by atoms with van der Waals surface area (Å²) in [6.07, 6.45) is 3.03. The highest BCUT2D eigenvalue weighted by molar-refractivity contribution is 7.40. The fraction of sp³-hybridized carbons (Fsp3) is 0.0357. The number of hydrogen-bond acceptors (Lipinski definition) is 8. The molecular formula is C28H17N3O4S3. The van der Waals surface area contributed by atoms with E-state index in [1.54, 1.807) is 28.9 Å². The largest absolute Gasteiger partial charge is 0.478 e. The molecule has 6 aromatic rings. The van der Waals surface area contributed by atoms with Crippen molar-refractivity contribution >= 4 is 55.3 Å². The van der Waals surface area contributed by atoms with Crippen LogP contribution in [0.15, 0.2) is 73.1 Å². The van der Waals surface area contributed by atoms with Crippen molar-refractivity contribution in [3.63, 3.8) is 0 Å². The average molecular weight is 556 g/mol. The maximum atomic E-state index is 11.9. The molecule has 6 rings (SSSR count). The van der Waals surface area contributed by atoms with Crippen LogP contribution in [0.5, 0.6) is 0 Å². The number of rotatable bonds is 6. The first-order valence-electron chi connectivity index (χ1n) is 11.4. The highest BCUT2D eigenvalue weighted by Gasteiger charge is 2.16. The van der Waals surface area contributed by atoms with Gasteiger partial charge < -0.3 is 10.2 Å². The monoisotopic (exact) mass is 555 g/mol. The summed E-state index contributed by atoms with van der Waals surface area (Å²) >= 11 is 5.29. The standard InChI is InChI=1S/C28H17N3O4S3/c1-14-8-18-13-25(38-28(18)36-14)24-3-2-23(37-24)15-4-6-29-19(9-15)21-11-17(27(34)35)12-22(31-21)20-10-16(26(32)33)5-7-30-20/h2-13H,1H3,(H,32,33)(H,34,35). The first-order chi connectivity index (χ1) is 18.3. The zero-order valence-corrected chi connectivity index (χ0v) is 22.2. The quantitative estimate of drug-likeness (QED) is 0.218. The lowest BCUT2D eigenvalue weighted by Gasteiger charge is -2.08. The fourth-order valence-electron chi connectivity index (χ4n) is 4.05. The maximum Gasteiger partial charge on any atom is 0.335 e. The third-order valence-electron chi connectivity index (χ3n) is 5.83. The number of carbonyl (C=O) groups is 2. The molecule has 0 unspecified atom stereocenters. The molecule has 186 valence electrons. The summed E-state index contributed by atoms with van der Waals surface area (Å²) in [4.78, 5) is 41.3. The Bertz CT molecular complexity index is 1840. The molecule has 0 atom stereocenters. The summed E-state index contributed by atoms with van der Waals surface area (Å²) < 4.78 is 1.32. The minimum absolute atomic E-state index is 0.00559. The molecule has 0 aliphatic rings. The molecule has 0 aliphatic heterocycles. The Morgan fingerprint density at radius 1 is 0.658 bits per heavy atom. The lowest BCUT2D eigenvalue weighted by atomic mass is 10.1. The van der Waals surface area contributed by atoms with Crippen molar-refractivity contribution in [3.05, 3.63) is 89.1 Å². The van der Waals surface area contributed by atoms with Gasteiger partial charge in [0.15, 0.2) is 0 Å². The Balaban J connectivity index is 1.38. The van der Waals surface area contributed by atoms with E-state index in [4.69, 9.17) is 0 Å². The van der Waals surface area contributed by atoms with Gasteiger partial charge in [0.2, 0.25) is 0 Å². The summed E-state index contributed by atoms with van der Waals surface area (Å²) in [5.41, 5.74) is 2.36. The second kappa shape index (κ2) is 9.56. The summed E-state index contributed by atoms with van der Waals surface area (Å²) in [6, 6.07) is 18.0. The molecular weight excluding hydrogens is 539 g/mol. The van der Waals surface area contributed by atoms with Crippen molar-refractivity contribution in [1.29, 1.82) is 0 Å². The molecule has 38 heavy (non-hydrogen) atoms. The molecule has 0 aliphatic carbocycles. The van der Waals surface area contributed by atoms with Gasteiger partial charge in [-0.05, 0) is 73.2 Å². The Morgan fingerprint density at radius 3 is 2.03 bits per heavy atom. The number of carboxylic acid groups (broad SMARTS) is 2. The maximum absolute atomic E-state index is 11.9. The van der Waals surface area contributed by atoms with Crippen molar-refractivity contribution in [1.82, 2.24) is 15.0 Å². The van der Waals surface area contributed by atoms with Gasteiger partial charge in [0.05, 0.1) is 37.9 Å². The van der Waals surface area contributed by atoms with Crippen LogP contribution in [0, 0.1) is 6.92 Å². The normalized spacial score (nSPS) is 11.2. The highest BCUT2D eigenvalue weighted by atomic mass is 32.2. The molecule has 6 heterocycles. The van der Waals surface area contributed by atoms with E-state index in [9.17, 15) is 19.8 Å². The van der Waals surface area contributed by atoms with Gasteiger partial charge >= 0.3 is 11.9 Å². The van der Waals surface area contributed by atoms with Crippen molar-refractivity contribution in [2.75, 3.05) is 0 Å². The van der Waals surface area contributed by atoms with Crippen LogP contribution < -0.4 is 0 Å². The van der Waals surface area contributed by atoms with Crippen molar-refractivity contribution in [3.8, 4) is 43.0 Å². The van der Waals surface area contributed by atoms with E-state index in [0.29, 0.717) is 11.4 Å². The van der Waals surface area contributed by atoms with Crippen LogP contribution >= 0.6 is 34.0 Å². The number of aryl methyl sites for hydroxylation is 1. The lowest BCUT2D eigenvalue weighted by molar-refractivity contribution is 0.0686. The van der Waals surface area contributed by atoms with Gasteiger partial charge in [-0.15, -0.1) is 34.0 Å². The number of aromatic carboxylic acids is 2. The van der Waals surface area contributed by atoms with Crippen LogP contribution in [0.4, 0.5) is 0 Å². The first-order valence-corrected chi connectivity index (χ1v) is 13.8. The zero-order chi connectivity index (χ0) is 26.4. The Kier molecular flexibility index (Phi) is 6.07. The molecule has 0 fully saturated rings. The number of nitrogens with zero attached hydrogens (tertiary/aromatic N) is 3. The highest BCUT2D eigenvalue weighted by Crippen LogP contribution is 2.42. The van der Waals surface area contributed by atoms with E-state index in [0.717, 1.165) is 10.4 Å². The molecule has 0 amide bonds.